The van der Waals surface area contributed by atoms with Gasteiger partial charge < -0.3 is 14.6 Å². The zero-order valence-corrected chi connectivity index (χ0v) is 10.4. The van der Waals surface area contributed by atoms with Crippen molar-refractivity contribution in [2.45, 2.75) is 0 Å². The van der Waals surface area contributed by atoms with Crippen LogP contribution in [0.3, 0.4) is 0 Å². The minimum atomic E-state index is -1.50. The maximum atomic E-state index is 10.7. The lowest BCUT2D eigenvalue weighted by atomic mass is 10.1. The first-order valence-electron chi connectivity index (χ1n) is 5.85. The summed E-state index contributed by atoms with van der Waals surface area (Å²) < 4.78 is 5.62. The molecule has 0 aliphatic carbocycles. The SMILES string of the molecule is N#C/C(=C\c1cccc(Oc2ccccc2)c1)C(=O)[O-]. The van der Waals surface area contributed by atoms with Crippen molar-refractivity contribution in [3.63, 3.8) is 0 Å². The summed E-state index contributed by atoms with van der Waals surface area (Å²) in [5.41, 5.74) is 0.126. The number of nitrogens with zero attached hydrogens (tertiary/aromatic N) is 1. The molecule has 0 saturated carbocycles. The van der Waals surface area contributed by atoms with Gasteiger partial charge in [-0.15, -0.1) is 0 Å². The molecule has 0 heterocycles. The predicted molar refractivity (Wildman–Crippen MR) is 71.6 cm³/mol. The summed E-state index contributed by atoms with van der Waals surface area (Å²) in [7, 11) is 0. The molecule has 2 aromatic rings. The Morgan fingerprint density at radius 3 is 2.45 bits per heavy atom. The molecule has 2 aromatic carbocycles. The quantitative estimate of drug-likeness (QED) is 0.626. The zero-order valence-electron chi connectivity index (χ0n) is 10.4. The fraction of sp³-hybridized carbons (Fsp3) is 0. The van der Waals surface area contributed by atoms with Crippen LogP contribution in [0.15, 0.2) is 60.2 Å². The van der Waals surface area contributed by atoms with Gasteiger partial charge in [0.05, 0.1) is 11.5 Å². The van der Waals surface area contributed by atoms with Crippen LogP contribution in [0, 0.1) is 11.3 Å². The molecular formula is C16H10NO3-. The number of rotatable bonds is 4. The van der Waals surface area contributed by atoms with Crippen LogP contribution in [0.5, 0.6) is 11.5 Å². The Kier molecular flexibility index (Phi) is 4.15. The molecule has 0 fully saturated rings. The van der Waals surface area contributed by atoms with E-state index in [1.165, 1.54) is 6.08 Å². The minimum Gasteiger partial charge on any atom is -0.544 e. The Hall–Kier alpha value is -3.06. The first-order chi connectivity index (χ1) is 9.69. The van der Waals surface area contributed by atoms with Gasteiger partial charge in [-0.05, 0) is 35.9 Å². The van der Waals surface area contributed by atoms with E-state index < -0.39 is 11.5 Å². The van der Waals surface area contributed by atoms with E-state index >= 15 is 0 Å². The van der Waals surface area contributed by atoms with Crippen LogP contribution in [0.4, 0.5) is 0 Å². The Bertz CT molecular complexity index is 684. The van der Waals surface area contributed by atoms with Gasteiger partial charge in [0.15, 0.2) is 0 Å². The van der Waals surface area contributed by atoms with Crippen LogP contribution in [-0.2, 0) is 4.79 Å². The highest BCUT2D eigenvalue weighted by Gasteiger charge is 2.00. The van der Waals surface area contributed by atoms with E-state index in [2.05, 4.69) is 0 Å². The van der Waals surface area contributed by atoms with E-state index in [1.807, 2.05) is 30.3 Å². The summed E-state index contributed by atoms with van der Waals surface area (Å²) in [5, 5.41) is 19.4. The van der Waals surface area contributed by atoms with Crippen molar-refractivity contribution in [2.75, 3.05) is 0 Å². The van der Waals surface area contributed by atoms with Crippen molar-refractivity contribution in [1.82, 2.24) is 0 Å². The van der Waals surface area contributed by atoms with Crippen LogP contribution in [0.1, 0.15) is 5.56 Å². The van der Waals surface area contributed by atoms with E-state index in [1.54, 1.807) is 30.3 Å². The minimum absolute atomic E-state index is 0.429. The molecule has 0 saturated heterocycles. The van der Waals surface area contributed by atoms with Crippen molar-refractivity contribution in [1.29, 1.82) is 5.26 Å². The van der Waals surface area contributed by atoms with Crippen LogP contribution >= 0.6 is 0 Å². The summed E-state index contributed by atoms with van der Waals surface area (Å²) >= 11 is 0. The Morgan fingerprint density at radius 1 is 1.10 bits per heavy atom. The molecule has 20 heavy (non-hydrogen) atoms. The molecule has 4 nitrogen and oxygen atoms in total. The summed E-state index contributed by atoms with van der Waals surface area (Å²) in [6.07, 6.45) is 1.24. The van der Waals surface area contributed by atoms with Crippen LogP contribution < -0.4 is 9.84 Å². The zero-order chi connectivity index (χ0) is 14.4. The van der Waals surface area contributed by atoms with Gasteiger partial charge in [-0.1, -0.05) is 30.3 Å². The molecule has 0 bridgehead atoms. The van der Waals surface area contributed by atoms with Crippen molar-refractivity contribution in [2.24, 2.45) is 0 Å². The molecule has 0 unspecified atom stereocenters. The first-order valence-corrected chi connectivity index (χ1v) is 5.85. The lowest BCUT2D eigenvalue weighted by Crippen LogP contribution is -2.23. The van der Waals surface area contributed by atoms with Gasteiger partial charge in [0.25, 0.3) is 0 Å². The normalized spacial score (nSPS) is 10.7. The fourth-order valence-electron chi connectivity index (χ4n) is 1.60. The lowest BCUT2D eigenvalue weighted by molar-refractivity contribution is -0.298. The fourth-order valence-corrected chi connectivity index (χ4v) is 1.60. The second kappa shape index (κ2) is 6.21. The molecule has 0 amide bonds. The first kappa shape index (κ1) is 13.4. The van der Waals surface area contributed by atoms with E-state index in [0.29, 0.717) is 17.1 Å². The molecule has 0 spiro atoms. The van der Waals surface area contributed by atoms with Crippen LogP contribution in [0.2, 0.25) is 0 Å². The van der Waals surface area contributed by atoms with E-state index in [4.69, 9.17) is 10.00 Å². The van der Waals surface area contributed by atoms with E-state index in [9.17, 15) is 9.90 Å². The largest absolute Gasteiger partial charge is 0.544 e. The number of carbonyl (C=O) groups is 1. The number of hydrogen-bond acceptors (Lipinski definition) is 4. The van der Waals surface area contributed by atoms with E-state index in [-0.39, 0.29) is 0 Å². The van der Waals surface area contributed by atoms with Crippen LogP contribution in [0.25, 0.3) is 6.08 Å². The number of carboxylic acid groups (broad SMARTS) is 1. The lowest BCUT2D eigenvalue weighted by Gasteiger charge is -2.06. The van der Waals surface area contributed by atoms with Gasteiger partial charge in [0.1, 0.15) is 17.6 Å². The van der Waals surface area contributed by atoms with Gasteiger partial charge in [-0.25, -0.2) is 0 Å². The van der Waals surface area contributed by atoms with Crippen LogP contribution in [-0.4, -0.2) is 5.97 Å². The number of aliphatic carboxylic acids is 1. The molecule has 0 radical (unpaired) electrons. The average molecular weight is 264 g/mol. The number of carboxylic acids is 1. The molecule has 0 N–H and O–H groups in total. The number of ether oxygens (including phenoxy) is 1. The number of carbonyl (C=O) groups excluding carboxylic acids is 1. The summed E-state index contributed by atoms with van der Waals surface area (Å²) in [5.74, 6) is -0.267. The molecule has 0 aliphatic heterocycles. The standard InChI is InChI=1S/C16H11NO3/c17-11-13(16(18)19)9-12-5-4-8-15(10-12)20-14-6-2-1-3-7-14/h1-10H,(H,18,19)/p-1/b13-9+. The number of para-hydroxylation sites is 1. The van der Waals surface area contributed by atoms with Gasteiger partial charge in [-0.2, -0.15) is 5.26 Å². The van der Waals surface area contributed by atoms with Gasteiger partial charge in [0.2, 0.25) is 0 Å². The highest BCUT2D eigenvalue weighted by Crippen LogP contribution is 2.22. The number of benzene rings is 2. The topological polar surface area (TPSA) is 73.1 Å². The number of nitriles is 1. The predicted octanol–water partition coefficient (Wildman–Crippen LogP) is 2.14. The molecule has 98 valence electrons. The second-order valence-electron chi connectivity index (χ2n) is 3.94. The second-order valence-corrected chi connectivity index (χ2v) is 3.94. The third-order valence-corrected chi connectivity index (χ3v) is 2.49. The highest BCUT2D eigenvalue weighted by molar-refractivity contribution is 5.95. The molecular weight excluding hydrogens is 254 g/mol. The van der Waals surface area contributed by atoms with Gasteiger partial charge >= 0.3 is 0 Å². The maximum absolute atomic E-state index is 10.7. The molecule has 4 heteroatoms. The smallest absolute Gasteiger partial charge is 0.128 e. The molecule has 0 aromatic heterocycles. The van der Waals surface area contributed by atoms with Gasteiger partial charge in [-0.3, -0.25) is 0 Å². The monoisotopic (exact) mass is 264 g/mol. The summed E-state index contributed by atoms with van der Waals surface area (Å²) in [6, 6.07) is 17.6. The maximum Gasteiger partial charge on any atom is 0.128 e. The Morgan fingerprint density at radius 2 is 1.80 bits per heavy atom. The Labute approximate surface area is 116 Å². The molecule has 0 atom stereocenters. The third-order valence-electron chi connectivity index (χ3n) is 2.49. The van der Waals surface area contributed by atoms with Crippen molar-refractivity contribution < 1.29 is 14.6 Å². The van der Waals surface area contributed by atoms with Gasteiger partial charge in [0, 0.05) is 0 Å². The number of hydrogen-bond donors (Lipinski definition) is 0. The third kappa shape index (κ3) is 3.47. The van der Waals surface area contributed by atoms with E-state index in [0.717, 1.165) is 0 Å². The van der Waals surface area contributed by atoms with Crippen molar-refractivity contribution >= 4 is 12.0 Å². The average Bonchev–Trinajstić information content (AvgIpc) is 2.46. The summed E-state index contributed by atoms with van der Waals surface area (Å²) in [4.78, 5) is 10.7. The van der Waals surface area contributed by atoms with Crippen molar-refractivity contribution in [3.8, 4) is 17.6 Å². The summed E-state index contributed by atoms with van der Waals surface area (Å²) in [6.45, 7) is 0. The Balaban J connectivity index is 2.25. The van der Waals surface area contributed by atoms with Crippen molar-refractivity contribution in [3.05, 3.63) is 65.7 Å². The molecule has 2 rings (SSSR count). The highest BCUT2D eigenvalue weighted by atomic mass is 16.5. The molecule has 0 aliphatic rings.